The minimum Gasteiger partial charge on any atom is -0.320 e. The van der Waals surface area contributed by atoms with Gasteiger partial charge in [0.25, 0.3) is 0 Å². The second-order valence-corrected chi connectivity index (χ2v) is 5.72. The number of halogens is 1. The maximum absolute atomic E-state index is 14.0. The topological polar surface area (TPSA) is 26.0 Å². The minimum absolute atomic E-state index is 0.198. The van der Waals surface area contributed by atoms with E-state index in [1.807, 2.05) is 18.2 Å². The van der Waals surface area contributed by atoms with Gasteiger partial charge in [-0.2, -0.15) is 11.8 Å². The van der Waals surface area contributed by atoms with Crippen molar-refractivity contribution < 1.29 is 4.39 Å². The van der Waals surface area contributed by atoms with Crippen LogP contribution in [-0.2, 0) is 11.5 Å². The summed E-state index contributed by atoms with van der Waals surface area (Å²) < 4.78 is 14.0. The van der Waals surface area contributed by atoms with Crippen LogP contribution in [0.25, 0.3) is 0 Å². The van der Waals surface area contributed by atoms with E-state index in [2.05, 4.69) is 30.9 Å². The summed E-state index contributed by atoms with van der Waals surface area (Å²) in [6.07, 6.45) is 0. The Balaban J connectivity index is 1.96. The van der Waals surface area contributed by atoms with Gasteiger partial charge >= 0.3 is 0 Å². The number of hydrogen-bond acceptors (Lipinski definition) is 2. The van der Waals surface area contributed by atoms with Crippen LogP contribution in [0.4, 0.5) is 4.39 Å². The maximum Gasteiger partial charge on any atom is 0.128 e. The molecule has 0 unspecified atom stereocenters. The molecule has 0 aliphatic rings. The molecule has 0 spiro atoms. The Kier molecular flexibility index (Phi) is 5.86. The molecular formula is C18H18FNS. The Morgan fingerprint density at radius 3 is 2.57 bits per heavy atom. The van der Waals surface area contributed by atoms with E-state index >= 15 is 0 Å². The van der Waals surface area contributed by atoms with Gasteiger partial charge in [-0.3, -0.25) is 0 Å². The summed E-state index contributed by atoms with van der Waals surface area (Å²) in [7, 11) is 0. The summed E-state index contributed by atoms with van der Waals surface area (Å²) in [6, 6.07) is 13.4. The molecule has 3 heteroatoms. The number of hydrogen-bond donors (Lipinski definition) is 1. The van der Waals surface area contributed by atoms with Crippen molar-refractivity contribution >= 4 is 11.8 Å². The molecule has 2 N–H and O–H groups in total. The molecule has 0 aliphatic heterocycles. The molecule has 0 fully saturated rings. The van der Waals surface area contributed by atoms with Crippen molar-refractivity contribution in [1.82, 2.24) is 0 Å². The van der Waals surface area contributed by atoms with Crippen LogP contribution in [-0.4, -0.2) is 6.54 Å². The van der Waals surface area contributed by atoms with E-state index in [-0.39, 0.29) is 12.4 Å². The van der Waals surface area contributed by atoms with Gasteiger partial charge in [-0.25, -0.2) is 4.39 Å². The Labute approximate surface area is 129 Å². The zero-order valence-electron chi connectivity index (χ0n) is 12.0. The highest BCUT2D eigenvalue weighted by Gasteiger charge is 2.04. The zero-order chi connectivity index (χ0) is 15.1. The zero-order valence-corrected chi connectivity index (χ0v) is 12.8. The summed E-state index contributed by atoms with van der Waals surface area (Å²) in [5.74, 6) is 6.92. The second kappa shape index (κ2) is 7.87. The van der Waals surface area contributed by atoms with Crippen LogP contribution in [0.2, 0.25) is 0 Å². The highest BCUT2D eigenvalue weighted by atomic mass is 32.2. The molecule has 108 valence electrons. The Morgan fingerprint density at radius 2 is 1.86 bits per heavy atom. The highest BCUT2D eigenvalue weighted by Crippen LogP contribution is 2.22. The second-order valence-electron chi connectivity index (χ2n) is 4.73. The van der Waals surface area contributed by atoms with Crippen molar-refractivity contribution in [2.24, 2.45) is 5.73 Å². The van der Waals surface area contributed by atoms with Crippen LogP contribution in [0.5, 0.6) is 0 Å². The molecule has 0 amide bonds. The van der Waals surface area contributed by atoms with Gasteiger partial charge in [-0.05, 0) is 35.7 Å². The predicted octanol–water partition coefficient (Wildman–Crippen LogP) is 3.88. The van der Waals surface area contributed by atoms with Gasteiger partial charge in [-0.1, -0.05) is 42.2 Å². The average Bonchev–Trinajstić information content (AvgIpc) is 2.49. The van der Waals surface area contributed by atoms with E-state index in [9.17, 15) is 4.39 Å². The molecule has 2 aromatic rings. The van der Waals surface area contributed by atoms with Crippen molar-refractivity contribution in [3.05, 3.63) is 70.5 Å². The smallest absolute Gasteiger partial charge is 0.128 e. The molecule has 0 saturated carbocycles. The van der Waals surface area contributed by atoms with Crippen LogP contribution in [0.1, 0.15) is 22.3 Å². The Hall–Kier alpha value is -1.76. The van der Waals surface area contributed by atoms with Crippen molar-refractivity contribution in [3.63, 3.8) is 0 Å². The van der Waals surface area contributed by atoms with E-state index in [0.29, 0.717) is 16.9 Å². The van der Waals surface area contributed by atoms with Gasteiger partial charge < -0.3 is 5.73 Å². The minimum atomic E-state index is -0.198. The van der Waals surface area contributed by atoms with E-state index in [4.69, 9.17) is 5.73 Å². The number of thioether (sulfide) groups is 1. The van der Waals surface area contributed by atoms with E-state index in [1.54, 1.807) is 17.8 Å². The van der Waals surface area contributed by atoms with E-state index < -0.39 is 0 Å². The molecule has 2 aromatic carbocycles. The molecule has 0 aromatic heterocycles. The molecule has 0 atom stereocenters. The lowest BCUT2D eigenvalue weighted by atomic mass is 10.1. The van der Waals surface area contributed by atoms with Gasteiger partial charge in [0, 0.05) is 17.1 Å². The van der Waals surface area contributed by atoms with Gasteiger partial charge in [0.05, 0.1) is 6.54 Å². The average molecular weight is 299 g/mol. The number of aryl methyl sites for hydroxylation is 1. The summed E-state index contributed by atoms with van der Waals surface area (Å²) in [6.45, 7) is 2.39. The largest absolute Gasteiger partial charge is 0.320 e. The van der Waals surface area contributed by atoms with Crippen molar-refractivity contribution in [2.75, 3.05) is 6.54 Å². The van der Waals surface area contributed by atoms with E-state index in [1.165, 1.54) is 17.2 Å². The number of rotatable bonds is 4. The molecule has 0 aliphatic carbocycles. The number of benzene rings is 2. The molecule has 2 rings (SSSR count). The fraction of sp³-hybridized carbons (Fsp3) is 0.222. The molecule has 0 radical (unpaired) electrons. The molecular weight excluding hydrogens is 281 g/mol. The normalized spacial score (nSPS) is 10.0. The highest BCUT2D eigenvalue weighted by molar-refractivity contribution is 7.97. The van der Waals surface area contributed by atoms with Gasteiger partial charge in [0.1, 0.15) is 5.82 Å². The third kappa shape index (κ3) is 4.63. The first-order valence-electron chi connectivity index (χ1n) is 6.80. The first-order valence-corrected chi connectivity index (χ1v) is 7.96. The van der Waals surface area contributed by atoms with Crippen LogP contribution in [0.15, 0.2) is 42.5 Å². The standard InChI is InChI=1S/C18H18FNS/c1-14-5-2-3-7-16(14)12-21-13-17-9-8-15(6-4-10-20)11-18(17)19/h2-3,5,7-9,11H,10,12-13,20H2,1H3. The summed E-state index contributed by atoms with van der Waals surface area (Å²) >= 11 is 1.72. The van der Waals surface area contributed by atoms with Crippen LogP contribution in [0, 0.1) is 24.6 Å². The van der Waals surface area contributed by atoms with Crippen molar-refractivity contribution in [2.45, 2.75) is 18.4 Å². The SMILES string of the molecule is Cc1ccccc1CSCc1ccc(C#CCN)cc1F. The van der Waals surface area contributed by atoms with E-state index in [0.717, 1.165) is 5.75 Å². The first-order chi connectivity index (χ1) is 10.2. The predicted molar refractivity (Wildman–Crippen MR) is 88.5 cm³/mol. The van der Waals surface area contributed by atoms with Gasteiger partial charge in [-0.15, -0.1) is 0 Å². The van der Waals surface area contributed by atoms with Gasteiger partial charge in [0.15, 0.2) is 0 Å². The quantitative estimate of drug-likeness (QED) is 0.867. The summed E-state index contributed by atoms with van der Waals surface area (Å²) in [4.78, 5) is 0. The van der Waals surface area contributed by atoms with Crippen molar-refractivity contribution in [3.8, 4) is 11.8 Å². The maximum atomic E-state index is 14.0. The number of nitrogens with two attached hydrogens (primary N) is 1. The third-order valence-corrected chi connectivity index (χ3v) is 4.19. The Morgan fingerprint density at radius 1 is 1.10 bits per heavy atom. The van der Waals surface area contributed by atoms with Crippen LogP contribution in [0.3, 0.4) is 0 Å². The molecule has 1 nitrogen and oxygen atoms in total. The van der Waals surface area contributed by atoms with Crippen molar-refractivity contribution in [1.29, 1.82) is 0 Å². The Bertz CT molecular complexity index is 670. The first kappa shape index (κ1) is 15.6. The summed E-state index contributed by atoms with van der Waals surface area (Å²) in [5.41, 5.74) is 9.27. The molecule has 0 saturated heterocycles. The molecule has 0 bridgehead atoms. The fourth-order valence-electron chi connectivity index (χ4n) is 1.94. The fourth-order valence-corrected chi connectivity index (χ4v) is 3.04. The lowest BCUT2D eigenvalue weighted by Crippen LogP contribution is -1.94. The van der Waals surface area contributed by atoms with Gasteiger partial charge in [0.2, 0.25) is 0 Å². The lowest BCUT2D eigenvalue weighted by Gasteiger charge is -2.06. The third-order valence-electron chi connectivity index (χ3n) is 3.16. The van der Waals surface area contributed by atoms with Crippen LogP contribution >= 0.6 is 11.8 Å². The monoisotopic (exact) mass is 299 g/mol. The lowest BCUT2D eigenvalue weighted by molar-refractivity contribution is 0.617. The summed E-state index contributed by atoms with van der Waals surface area (Å²) in [5, 5.41) is 0. The van der Waals surface area contributed by atoms with Crippen LogP contribution < -0.4 is 5.73 Å². The molecule has 0 heterocycles. The molecule has 21 heavy (non-hydrogen) atoms.